The molecule has 2 rings (SSSR count). The lowest BCUT2D eigenvalue weighted by Gasteiger charge is -2.16. The van der Waals surface area contributed by atoms with Gasteiger partial charge in [-0.1, -0.05) is 42.5 Å². The predicted molar refractivity (Wildman–Crippen MR) is 97.7 cm³/mol. The highest BCUT2D eigenvalue weighted by molar-refractivity contribution is 6.27. The molecular formula is C19H21FN2O5. The first kappa shape index (κ1) is 21.8. The van der Waals surface area contributed by atoms with Crippen LogP contribution in [0, 0.1) is 5.82 Å². The second-order valence-corrected chi connectivity index (χ2v) is 5.61. The van der Waals surface area contributed by atoms with Crippen molar-refractivity contribution in [2.75, 3.05) is 18.9 Å². The Morgan fingerprint density at radius 3 is 2.07 bits per heavy atom. The van der Waals surface area contributed by atoms with E-state index in [1.165, 1.54) is 11.6 Å². The number of benzene rings is 2. The molecule has 0 heterocycles. The lowest BCUT2D eigenvalue weighted by molar-refractivity contribution is -0.159. The number of nitrogens with one attached hydrogen (secondary N) is 1. The van der Waals surface area contributed by atoms with E-state index in [4.69, 9.17) is 19.8 Å². The molecule has 0 aliphatic carbocycles. The van der Waals surface area contributed by atoms with Gasteiger partial charge < -0.3 is 20.4 Å². The molecule has 0 aromatic heterocycles. The van der Waals surface area contributed by atoms with Crippen LogP contribution in [0.5, 0.6) is 0 Å². The monoisotopic (exact) mass is 376 g/mol. The number of nitrogens with zero attached hydrogens (tertiary/aromatic N) is 1. The van der Waals surface area contributed by atoms with E-state index in [0.29, 0.717) is 13.0 Å². The Kier molecular flexibility index (Phi) is 9.18. The first-order valence-corrected chi connectivity index (χ1v) is 8.02. The van der Waals surface area contributed by atoms with Crippen LogP contribution in [0.15, 0.2) is 54.6 Å². The number of hydrogen-bond donors (Lipinski definition) is 3. The van der Waals surface area contributed by atoms with Gasteiger partial charge >= 0.3 is 11.9 Å². The maximum Gasteiger partial charge on any atom is 0.414 e. The minimum atomic E-state index is -1.82. The third-order valence-corrected chi connectivity index (χ3v) is 3.35. The van der Waals surface area contributed by atoms with Crippen molar-refractivity contribution in [3.05, 3.63) is 66.0 Å². The fraction of sp³-hybridized carbons (Fsp3) is 0.211. The van der Waals surface area contributed by atoms with Crippen molar-refractivity contribution < 1.29 is 29.0 Å². The van der Waals surface area contributed by atoms with E-state index in [1.807, 2.05) is 25.2 Å². The van der Waals surface area contributed by atoms with E-state index in [1.54, 1.807) is 18.2 Å². The molecule has 0 saturated heterocycles. The van der Waals surface area contributed by atoms with Gasteiger partial charge in [0.05, 0.1) is 5.69 Å². The highest BCUT2D eigenvalue weighted by Gasteiger charge is 2.08. The Balaban J connectivity index is 0.000000527. The number of halogens is 1. The summed E-state index contributed by atoms with van der Waals surface area (Å²) in [5.41, 5.74) is 1.43. The van der Waals surface area contributed by atoms with E-state index in [0.717, 1.165) is 6.54 Å². The van der Waals surface area contributed by atoms with Crippen LogP contribution in [0.3, 0.4) is 0 Å². The number of para-hydroxylation sites is 1. The smallest absolute Gasteiger partial charge is 0.414 e. The fourth-order valence-corrected chi connectivity index (χ4v) is 2.04. The number of carboxylic acids is 2. The third-order valence-electron chi connectivity index (χ3n) is 3.35. The van der Waals surface area contributed by atoms with Crippen molar-refractivity contribution in [2.45, 2.75) is 13.0 Å². The summed E-state index contributed by atoms with van der Waals surface area (Å²) in [7, 11) is 1.96. The van der Waals surface area contributed by atoms with Crippen LogP contribution in [0.25, 0.3) is 0 Å². The molecule has 0 atom stereocenters. The number of aliphatic carboxylic acids is 2. The van der Waals surface area contributed by atoms with Crippen molar-refractivity contribution in [3.8, 4) is 0 Å². The molecule has 144 valence electrons. The summed E-state index contributed by atoms with van der Waals surface area (Å²) in [6.45, 7) is 1.41. The Bertz CT molecular complexity index is 756. The Morgan fingerprint density at radius 2 is 1.52 bits per heavy atom. The average Bonchev–Trinajstić information content (AvgIpc) is 2.63. The highest BCUT2D eigenvalue weighted by atomic mass is 19.1. The van der Waals surface area contributed by atoms with Crippen LogP contribution in [0.4, 0.5) is 10.1 Å². The van der Waals surface area contributed by atoms with Gasteiger partial charge in [-0.2, -0.15) is 0 Å². The minimum Gasteiger partial charge on any atom is -0.473 e. The fourth-order valence-electron chi connectivity index (χ4n) is 2.04. The van der Waals surface area contributed by atoms with Gasteiger partial charge in [-0.15, -0.1) is 0 Å². The van der Waals surface area contributed by atoms with Crippen molar-refractivity contribution in [2.24, 2.45) is 0 Å². The van der Waals surface area contributed by atoms with E-state index < -0.39 is 17.8 Å². The lowest BCUT2D eigenvalue weighted by Crippen LogP contribution is -2.24. The second-order valence-electron chi connectivity index (χ2n) is 5.61. The molecule has 0 aliphatic heterocycles. The van der Waals surface area contributed by atoms with Crippen LogP contribution in [0.1, 0.15) is 12.0 Å². The van der Waals surface area contributed by atoms with Gasteiger partial charge in [0, 0.05) is 19.5 Å². The quantitative estimate of drug-likeness (QED) is 0.669. The van der Waals surface area contributed by atoms with Gasteiger partial charge in [0.15, 0.2) is 0 Å². The van der Waals surface area contributed by atoms with Gasteiger partial charge in [0.1, 0.15) is 5.82 Å². The van der Waals surface area contributed by atoms with Crippen molar-refractivity contribution in [3.63, 3.8) is 0 Å². The average molecular weight is 376 g/mol. The summed E-state index contributed by atoms with van der Waals surface area (Å²) in [5, 5.41) is 17.4. The number of hydrogen-bond acceptors (Lipinski definition) is 4. The number of carbonyl (C=O) groups excluding carboxylic acids is 1. The summed E-state index contributed by atoms with van der Waals surface area (Å²) >= 11 is 0. The molecule has 0 saturated carbocycles. The summed E-state index contributed by atoms with van der Waals surface area (Å²) < 4.78 is 13.4. The summed E-state index contributed by atoms with van der Waals surface area (Å²) in [5.74, 6) is -4.24. The topological polar surface area (TPSA) is 107 Å². The SMILES string of the molecule is CN(CCC(=O)Nc1ccccc1F)Cc1ccccc1.O=C(O)C(=O)O. The predicted octanol–water partition coefficient (Wildman–Crippen LogP) is 2.44. The number of anilines is 1. The first-order valence-electron chi connectivity index (χ1n) is 8.02. The summed E-state index contributed by atoms with van der Waals surface area (Å²) in [6.07, 6.45) is 0.331. The van der Waals surface area contributed by atoms with E-state index >= 15 is 0 Å². The summed E-state index contributed by atoms with van der Waals surface area (Å²) in [4.78, 5) is 32.1. The van der Waals surface area contributed by atoms with Crippen molar-refractivity contribution >= 4 is 23.5 Å². The van der Waals surface area contributed by atoms with Gasteiger partial charge in [-0.25, -0.2) is 14.0 Å². The first-order chi connectivity index (χ1) is 12.8. The molecule has 0 spiro atoms. The van der Waals surface area contributed by atoms with Crippen LogP contribution in [-0.2, 0) is 20.9 Å². The molecule has 0 unspecified atom stereocenters. The molecule has 7 nitrogen and oxygen atoms in total. The molecule has 27 heavy (non-hydrogen) atoms. The van der Waals surface area contributed by atoms with Gasteiger partial charge in [-0.05, 0) is 24.7 Å². The minimum absolute atomic E-state index is 0.181. The molecule has 0 bridgehead atoms. The zero-order valence-electron chi connectivity index (χ0n) is 14.8. The zero-order valence-corrected chi connectivity index (χ0v) is 14.8. The maximum atomic E-state index is 13.4. The van der Waals surface area contributed by atoms with E-state index in [2.05, 4.69) is 22.3 Å². The molecule has 0 radical (unpaired) electrons. The number of rotatable bonds is 6. The Hall–Kier alpha value is -3.26. The normalized spacial score (nSPS) is 9.89. The molecule has 0 fully saturated rings. The number of carboxylic acid groups (broad SMARTS) is 2. The molecule has 3 N–H and O–H groups in total. The Morgan fingerprint density at radius 1 is 0.963 bits per heavy atom. The highest BCUT2D eigenvalue weighted by Crippen LogP contribution is 2.12. The largest absolute Gasteiger partial charge is 0.473 e. The van der Waals surface area contributed by atoms with E-state index in [9.17, 15) is 9.18 Å². The molecule has 2 aromatic carbocycles. The van der Waals surface area contributed by atoms with Gasteiger partial charge in [0.2, 0.25) is 5.91 Å². The molecule has 0 aliphatic rings. The third kappa shape index (κ3) is 9.13. The maximum absolute atomic E-state index is 13.4. The van der Waals surface area contributed by atoms with Crippen molar-refractivity contribution in [1.29, 1.82) is 0 Å². The van der Waals surface area contributed by atoms with E-state index in [-0.39, 0.29) is 11.6 Å². The molecule has 1 amide bonds. The summed E-state index contributed by atoms with van der Waals surface area (Å²) in [6, 6.07) is 16.2. The van der Waals surface area contributed by atoms with Crippen LogP contribution in [-0.4, -0.2) is 46.6 Å². The van der Waals surface area contributed by atoms with Gasteiger partial charge in [-0.3, -0.25) is 4.79 Å². The molecule has 2 aromatic rings. The van der Waals surface area contributed by atoms with Crippen molar-refractivity contribution in [1.82, 2.24) is 4.90 Å². The van der Waals surface area contributed by atoms with Crippen LogP contribution < -0.4 is 5.32 Å². The lowest BCUT2D eigenvalue weighted by atomic mass is 10.2. The molecule has 8 heteroatoms. The number of carbonyl (C=O) groups is 3. The number of amides is 1. The van der Waals surface area contributed by atoms with Gasteiger partial charge in [0.25, 0.3) is 0 Å². The molecular weight excluding hydrogens is 355 g/mol. The van der Waals surface area contributed by atoms with Crippen LogP contribution >= 0.6 is 0 Å². The van der Waals surface area contributed by atoms with Crippen LogP contribution in [0.2, 0.25) is 0 Å². The second kappa shape index (κ2) is 11.4. The zero-order chi connectivity index (χ0) is 20.2. The standard InChI is InChI=1S/C17H19FN2O.C2H2O4/c1-20(13-14-7-3-2-4-8-14)12-11-17(21)19-16-10-6-5-9-15(16)18;3-1(4)2(5)6/h2-10H,11-13H2,1H3,(H,19,21);(H,3,4)(H,5,6). The Labute approximate surface area is 156 Å².